The van der Waals surface area contributed by atoms with Gasteiger partial charge >= 0.3 is 0 Å². The third kappa shape index (κ3) is 6.24. The van der Waals surface area contributed by atoms with Crippen LogP contribution in [0.15, 0.2) is 30.3 Å². The van der Waals surface area contributed by atoms with Crippen molar-refractivity contribution in [3.05, 3.63) is 30.3 Å². The van der Waals surface area contributed by atoms with Crippen LogP contribution in [0, 0.1) is 11.8 Å². The lowest BCUT2D eigenvalue weighted by Crippen LogP contribution is -2.46. The molecule has 2 aliphatic heterocycles. The van der Waals surface area contributed by atoms with Crippen molar-refractivity contribution in [3.8, 4) is 5.75 Å². The third-order valence-corrected chi connectivity index (χ3v) is 5.49. The minimum Gasteiger partial charge on any atom is -0.493 e. The molecule has 2 unspecified atom stereocenters. The van der Waals surface area contributed by atoms with Crippen molar-refractivity contribution in [1.82, 2.24) is 15.5 Å². The quantitative estimate of drug-likeness (QED) is 0.729. The van der Waals surface area contributed by atoms with E-state index in [-0.39, 0.29) is 17.7 Å². The number of hydrogen-bond acceptors (Lipinski definition) is 4. The average Bonchev–Trinajstić information content (AvgIpc) is 3.22. The molecule has 2 N–H and O–H groups in total. The number of nitrogens with zero attached hydrogens (tertiary/aromatic N) is 1. The maximum Gasteiger partial charge on any atom is 0.226 e. The number of ether oxygens (including phenoxy) is 1. The summed E-state index contributed by atoms with van der Waals surface area (Å²) >= 11 is 0. The molecule has 0 radical (unpaired) electrons. The van der Waals surface area contributed by atoms with Gasteiger partial charge in [0.1, 0.15) is 5.75 Å². The van der Waals surface area contributed by atoms with Crippen molar-refractivity contribution >= 4 is 11.8 Å². The zero-order valence-corrected chi connectivity index (χ0v) is 16.0. The third-order valence-electron chi connectivity index (χ3n) is 5.49. The molecule has 6 nitrogen and oxygen atoms in total. The molecule has 2 heterocycles. The first-order valence-corrected chi connectivity index (χ1v) is 10.2. The molecular formula is C21H31N3O3. The summed E-state index contributed by atoms with van der Waals surface area (Å²) in [4.78, 5) is 26.7. The molecule has 3 rings (SSSR count). The first-order valence-electron chi connectivity index (χ1n) is 10.2. The van der Waals surface area contributed by atoms with Crippen LogP contribution in [0.4, 0.5) is 0 Å². The fourth-order valence-corrected chi connectivity index (χ4v) is 3.85. The SMILES string of the molecule is O=C(NCCC1CCNC1)C1CCCN(C(=O)CCOc2ccccc2)C1. The molecule has 1 aromatic rings. The molecule has 2 fully saturated rings. The smallest absolute Gasteiger partial charge is 0.226 e. The van der Waals surface area contributed by atoms with Gasteiger partial charge in [0.15, 0.2) is 0 Å². The normalized spacial score (nSPS) is 22.4. The monoisotopic (exact) mass is 373 g/mol. The highest BCUT2D eigenvalue weighted by molar-refractivity contribution is 5.81. The Balaban J connectivity index is 1.35. The number of piperidine rings is 1. The lowest BCUT2D eigenvalue weighted by molar-refractivity contribution is -0.136. The average molecular weight is 373 g/mol. The van der Waals surface area contributed by atoms with Crippen LogP contribution in [0.1, 0.15) is 32.1 Å². The Morgan fingerprint density at radius 2 is 2.07 bits per heavy atom. The zero-order valence-electron chi connectivity index (χ0n) is 16.0. The summed E-state index contributed by atoms with van der Waals surface area (Å²) < 4.78 is 5.61. The van der Waals surface area contributed by atoms with Crippen LogP contribution in [0.25, 0.3) is 0 Å². The minimum absolute atomic E-state index is 0.0699. The van der Waals surface area contributed by atoms with Crippen LogP contribution >= 0.6 is 0 Å². The number of likely N-dealkylation sites (tertiary alicyclic amines) is 1. The van der Waals surface area contributed by atoms with E-state index in [9.17, 15) is 9.59 Å². The summed E-state index contributed by atoms with van der Waals surface area (Å²) in [5.74, 6) is 1.54. The lowest BCUT2D eigenvalue weighted by Gasteiger charge is -2.32. The number of hydrogen-bond donors (Lipinski definition) is 2. The topological polar surface area (TPSA) is 70.7 Å². The van der Waals surface area contributed by atoms with E-state index in [0.29, 0.717) is 25.5 Å². The van der Waals surface area contributed by atoms with Gasteiger partial charge in [-0.05, 0) is 56.8 Å². The van der Waals surface area contributed by atoms with Gasteiger partial charge in [-0.3, -0.25) is 9.59 Å². The van der Waals surface area contributed by atoms with E-state index in [1.807, 2.05) is 35.2 Å². The molecule has 2 saturated heterocycles. The van der Waals surface area contributed by atoms with E-state index in [1.54, 1.807) is 0 Å². The van der Waals surface area contributed by atoms with Crippen LogP contribution < -0.4 is 15.4 Å². The summed E-state index contributed by atoms with van der Waals surface area (Å²) in [5.41, 5.74) is 0. The molecule has 148 valence electrons. The Bertz CT molecular complexity index is 602. The zero-order chi connectivity index (χ0) is 18.9. The second kappa shape index (κ2) is 10.3. The number of para-hydroxylation sites is 1. The highest BCUT2D eigenvalue weighted by Gasteiger charge is 2.28. The Labute approximate surface area is 161 Å². The summed E-state index contributed by atoms with van der Waals surface area (Å²) in [6.45, 7) is 4.52. The number of nitrogens with one attached hydrogen (secondary N) is 2. The summed E-state index contributed by atoms with van der Waals surface area (Å²) in [6.07, 6.45) is 4.33. The molecule has 0 aliphatic carbocycles. The van der Waals surface area contributed by atoms with E-state index in [4.69, 9.17) is 4.74 Å². The molecule has 1 aromatic carbocycles. The highest BCUT2D eigenvalue weighted by atomic mass is 16.5. The van der Waals surface area contributed by atoms with Gasteiger partial charge < -0.3 is 20.3 Å². The van der Waals surface area contributed by atoms with Gasteiger partial charge in [0.05, 0.1) is 18.9 Å². The van der Waals surface area contributed by atoms with E-state index in [1.165, 1.54) is 6.42 Å². The minimum atomic E-state index is -0.0838. The second-order valence-corrected chi connectivity index (χ2v) is 7.53. The molecule has 2 atom stereocenters. The molecule has 2 amide bonds. The molecule has 0 spiro atoms. The molecule has 0 bridgehead atoms. The van der Waals surface area contributed by atoms with E-state index in [2.05, 4.69) is 10.6 Å². The van der Waals surface area contributed by atoms with Crippen molar-refractivity contribution in [2.45, 2.75) is 32.1 Å². The number of carbonyl (C=O) groups excluding carboxylic acids is 2. The van der Waals surface area contributed by atoms with Gasteiger partial charge in [0.25, 0.3) is 0 Å². The van der Waals surface area contributed by atoms with E-state index < -0.39 is 0 Å². The molecule has 0 saturated carbocycles. The second-order valence-electron chi connectivity index (χ2n) is 7.53. The van der Waals surface area contributed by atoms with Crippen molar-refractivity contribution < 1.29 is 14.3 Å². The largest absolute Gasteiger partial charge is 0.493 e. The fourth-order valence-electron chi connectivity index (χ4n) is 3.85. The van der Waals surface area contributed by atoms with E-state index >= 15 is 0 Å². The van der Waals surface area contributed by atoms with Gasteiger partial charge in [-0.15, -0.1) is 0 Å². The predicted molar refractivity (Wildman–Crippen MR) is 104 cm³/mol. The standard InChI is InChI=1S/C21H31N3O3/c25-20(10-14-27-19-6-2-1-3-7-19)24-13-4-5-18(16-24)21(26)23-12-9-17-8-11-22-15-17/h1-3,6-7,17-18,22H,4-5,8-16H2,(H,23,26). The van der Waals surface area contributed by atoms with Gasteiger partial charge in [-0.25, -0.2) is 0 Å². The van der Waals surface area contributed by atoms with Crippen molar-refractivity contribution in [1.29, 1.82) is 0 Å². The Kier molecular flexibility index (Phi) is 7.51. The summed E-state index contributed by atoms with van der Waals surface area (Å²) in [6, 6.07) is 9.52. The first-order chi connectivity index (χ1) is 13.2. The lowest BCUT2D eigenvalue weighted by atomic mass is 9.96. The maximum absolute atomic E-state index is 12.5. The predicted octanol–water partition coefficient (Wildman–Crippen LogP) is 1.81. The van der Waals surface area contributed by atoms with Crippen LogP contribution in [0.3, 0.4) is 0 Å². The summed E-state index contributed by atoms with van der Waals surface area (Å²) in [5, 5.41) is 6.43. The molecule has 27 heavy (non-hydrogen) atoms. The van der Waals surface area contributed by atoms with E-state index in [0.717, 1.165) is 51.2 Å². The molecular weight excluding hydrogens is 342 g/mol. The Hall–Kier alpha value is -2.08. The number of benzene rings is 1. The van der Waals surface area contributed by atoms with Crippen LogP contribution in [0.2, 0.25) is 0 Å². The van der Waals surface area contributed by atoms with Gasteiger partial charge in [0.2, 0.25) is 11.8 Å². The molecule has 2 aliphatic rings. The number of carbonyl (C=O) groups is 2. The molecule has 0 aromatic heterocycles. The highest BCUT2D eigenvalue weighted by Crippen LogP contribution is 2.18. The van der Waals surface area contributed by atoms with Gasteiger partial charge in [0, 0.05) is 19.6 Å². The summed E-state index contributed by atoms with van der Waals surface area (Å²) in [7, 11) is 0. The van der Waals surface area contributed by atoms with Crippen LogP contribution in [-0.4, -0.2) is 56.0 Å². The van der Waals surface area contributed by atoms with Crippen LogP contribution in [-0.2, 0) is 9.59 Å². The van der Waals surface area contributed by atoms with Crippen molar-refractivity contribution in [2.75, 3.05) is 39.3 Å². The Morgan fingerprint density at radius 3 is 2.85 bits per heavy atom. The fraction of sp³-hybridized carbons (Fsp3) is 0.619. The number of rotatable bonds is 8. The van der Waals surface area contributed by atoms with Crippen molar-refractivity contribution in [2.24, 2.45) is 11.8 Å². The van der Waals surface area contributed by atoms with Crippen molar-refractivity contribution in [3.63, 3.8) is 0 Å². The van der Waals surface area contributed by atoms with Gasteiger partial charge in [-0.2, -0.15) is 0 Å². The maximum atomic E-state index is 12.5. The van der Waals surface area contributed by atoms with Gasteiger partial charge in [-0.1, -0.05) is 18.2 Å². The molecule has 6 heteroatoms. The van der Waals surface area contributed by atoms with Crippen LogP contribution in [0.5, 0.6) is 5.75 Å². The number of amides is 2. The first kappa shape index (κ1) is 19.7. The Morgan fingerprint density at radius 1 is 1.22 bits per heavy atom.